The van der Waals surface area contributed by atoms with E-state index in [2.05, 4.69) is 0 Å². The molecule has 8 aromatic rings. The fourth-order valence-electron chi connectivity index (χ4n) is 12.0. The van der Waals surface area contributed by atoms with Gasteiger partial charge in [0.25, 0.3) is 0 Å². The second-order valence-corrected chi connectivity index (χ2v) is 18.2. The first kappa shape index (κ1) is 40.8. The van der Waals surface area contributed by atoms with E-state index < -0.39 is 47.7 Å². The molecule has 0 amide bonds. The van der Waals surface area contributed by atoms with E-state index in [9.17, 15) is 51.1 Å². The molecule has 4 aliphatic rings. The predicted molar refractivity (Wildman–Crippen MR) is 248 cm³/mol. The van der Waals surface area contributed by atoms with Crippen LogP contribution in [0.4, 0.5) is 0 Å². The summed E-state index contributed by atoms with van der Waals surface area (Å²) in [4.78, 5) is 0. The van der Waals surface area contributed by atoms with Gasteiger partial charge >= 0.3 is 0 Å². The smallest absolute Gasteiger partial charge is 0.135 e. The molecule has 12 heteroatoms. The molecule has 0 fully saturated rings. The van der Waals surface area contributed by atoms with Crippen LogP contribution >= 0.6 is 0 Å². The molecule has 2 aliphatic carbocycles. The van der Waals surface area contributed by atoms with Crippen molar-refractivity contribution in [1.82, 2.24) is 0 Å². The Morgan fingerprint density at radius 1 is 0.265 bits per heavy atom. The van der Waals surface area contributed by atoms with Gasteiger partial charge in [0.1, 0.15) is 81.2 Å². The second-order valence-electron chi connectivity index (χ2n) is 18.2. The molecule has 2 heterocycles. The molecular formula is C56H42O12. The zero-order chi connectivity index (χ0) is 46.9. The number of hydrogen-bond acceptors (Lipinski definition) is 12. The predicted octanol–water partition coefficient (Wildman–Crippen LogP) is 10.4. The molecule has 338 valence electrons. The van der Waals surface area contributed by atoms with E-state index in [4.69, 9.17) is 9.47 Å². The number of fused-ring (bicyclic) bond motifs is 4. The summed E-state index contributed by atoms with van der Waals surface area (Å²) in [5.41, 5.74) is 6.75. The standard InChI is InChI=1S/C56H42O12/c57-29-9-1-25(2-10-29)45-47-37(17-33(61)21-41(47)65)53-49-39(19-35(63)23-43(49)67-55(53)27-5-13-31(59)14-6-27)51(45)52-40-20-36(64)24-44-50(40)54(56(68-44)28-7-15-32(60)16-8-28)38-18-34(62)22-42(66)48(38)46(52)26-3-11-30(58)12-4-26/h1-24,45-46,51-66H/t45-,46-,51-,52-,53-,54+,55+,56-/m0/s1. The van der Waals surface area contributed by atoms with Gasteiger partial charge in [-0.05, 0) is 117 Å². The summed E-state index contributed by atoms with van der Waals surface area (Å²) in [6.45, 7) is 0. The summed E-state index contributed by atoms with van der Waals surface area (Å²) in [6, 6.07) is 38.4. The lowest BCUT2D eigenvalue weighted by Crippen LogP contribution is -2.26. The summed E-state index contributed by atoms with van der Waals surface area (Å²) in [5, 5.41) is 114. The SMILES string of the molecule is Oc1ccc([C@H]2c3c(O)cc(O)cc3[C@H]3c4c(cc(O)cc4[C@@H]2[C@H]2c4cc(O)cc5c4[C@@H](c4cc(O)cc(O)c4[C@@H]2c2ccc(O)cc2)[C@H](c2ccc(O)cc2)O5)O[C@@H]3c2ccc(O)cc2)cc1. The third-order valence-electron chi connectivity index (χ3n) is 14.5. The number of hydrogen-bond donors (Lipinski definition) is 10. The average molecular weight is 907 g/mol. The molecule has 10 N–H and O–H groups in total. The summed E-state index contributed by atoms with van der Waals surface area (Å²) in [6.07, 6.45) is -1.62. The molecule has 0 saturated carbocycles. The van der Waals surface area contributed by atoms with Crippen molar-refractivity contribution in [2.75, 3.05) is 0 Å². The van der Waals surface area contributed by atoms with Gasteiger partial charge in [-0.15, -0.1) is 0 Å². The minimum Gasteiger partial charge on any atom is -0.508 e. The fourth-order valence-corrected chi connectivity index (χ4v) is 12.0. The maximum Gasteiger partial charge on any atom is 0.135 e. The molecule has 0 unspecified atom stereocenters. The van der Waals surface area contributed by atoms with Crippen LogP contribution < -0.4 is 9.47 Å². The quantitative estimate of drug-likeness (QED) is 0.0780. The molecule has 0 bridgehead atoms. The number of rotatable bonds is 5. The summed E-state index contributed by atoms with van der Waals surface area (Å²) < 4.78 is 13.7. The Balaban J connectivity index is 1.25. The number of phenolic OH excluding ortho intramolecular Hbond substituents is 10. The van der Waals surface area contributed by atoms with Crippen molar-refractivity contribution in [3.8, 4) is 69.0 Å². The lowest BCUT2D eigenvalue weighted by Gasteiger charge is -2.40. The highest BCUT2D eigenvalue weighted by Gasteiger charge is 2.55. The Hall–Kier alpha value is -8.64. The van der Waals surface area contributed by atoms with Crippen LogP contribution in [0.25, 0.3) is 0 Å². The Kier molecular flexibility index (Phi) is 8.97. The average Bonchev–Trinajstić information content (AvgIpc) is 3.81. The Bertz CT molecular complexity index is 3110. The van der Waals surface area contributed by atoms with Gasteiger partial charge in [0.2, 0.25) is 0 Å². The molecule has 0 aromatic heterocycles. The van der Waals surface area contributed by atoms with Crippen molar-refractivity contribution in [1.29, 1.82) is 0 Å². The Morgan fingerprint density at radius 2 is 0.559 bits per heavy atom. The molecule has 0 spiro atoms. The number of benzene rings is 8. The number of aromatic hydroxyl groups is 10. The first-order valence-electron chi connectivity index (χ1n) is 22.2. The van der Waals surface area contributed by atoms with Crippen molar-refractivity contribution in [2.24, 2.45) is 0 Å². The lowest BCUT2D eigenvalue weighted by molar-refractivity contribution is 0.221. The van der Waals surface area contributed by atoms with Gasteiger partial charge in [-0.1, -0.05) is 48.5 Å². The molecule has 0 radical (unpaired) electrons. The first-order valence-corrected chi connectivity index (χ1v) is 22.2. The van der Waals surface area contributed by atoms with Crippen LogP contribution in [-0.4, -0.2) is 51.1 Å². The van der Waals surface area contributed by atoms with Gasteiger partial charge in [0, 0.05) is 70.2 Å². The molecular weight excluding hydrogens is 865 g/mol. The normalized spacial score (nSPS) is 22.6. The minimum absolute atomic E-state index is 0.0182. The van der Waals surface area contributed by atoms with Crippen LogP contribution in [0.1, 0.15) is 114 Å². The molecule has 8 atom stereocenters. The Labute approximate surface area is 388 Å². The van der Waals surface area contributed by atoms with Crippen molar-refractivity contribution < 1.29 is 60.5 Å². The van der Waals surface area contributed by atoms with Crippen LogP contribution in [0.3, 0.4) is 0 Å². The van der Waals surface area contributed by atoms with Crippen LogP contribution in [-0.2, 0) is 0 Å². The topological polar surface area (TPSA) is 221 Å². The highest BCUT2D eigenvalue weighted by molar-refractivity contribution is 5.71. The van der Waals surface area contributed by atoms with E-state index in [-0.39, 0.29) is 57.5 Å². The van der Waals surface area contributed by atoms with Crippen molar-refractivity contribution in [3.63, 3.8) is 0 Å². The van der Waals surface area contributed by atoms with E-state index in [1.807, 2.05) is 0 Å². The molecule has 12 rings (SSSR count). The molecule has 8 aromatic carbocycles. The molecule has 2 aliphatic heterocycles. The van der Waals surface area contributed by atoms with E-state index >= 15 is 0 Å². The van der Waals surface area contributed by atoms with E-state index in [1.165, 1.54) is 24.3 Å². The number of phenols is 10. The van der Waals surface area contributed by atoms with Crippen molar-refractivity contribution in [2.45, 2.75) is 47.7 Å². The van der Waals surface area contributed by atoms with Crippen LogP contribution in [0.15, 0.2) is 146 Å². The third-order valence-corrected chi connectivity index (χ3v) is 14.5. The maximum atomic E-state index is 12.5. The maximum absolute atomic E-state index is 12.5. The van der Waals surface area contributed by atoms with Gasteiger partial charge in [-0.3, -0.25) is 0 Å². The van der Waals surface area contributed by atoms with E-state index in [0.29, 0.717) is 78.3 Å². The van der Waals surface area contributed by atoms with Crippen LogP contribution in [0.5, 0.6) is 69.0 Å². The third kappa shape index (κ3) is 6.20. The molecule has 68 heavy (non-hydrogen) atoms. The highest BCUT2D eigenvalue weighted by Crippen LogP contribution is 2.69. The largest absolute Gasteiger partial charge is 0.508 e. The zero-order valence-electron chi connectivity index (χ0n) is 35.8. The van der Waals surface area contributed by atoms with E-state index in [0.717, 1.165) is 0 Å². The first-order chi connectivity index (χ1) is 32.8. The summed E-state index contributed by atoms with van der Waals surface area (Å²) in [7, 11) is 0. The zero-order valence-corrected chi connectivity index (χ0v) is 35.8. The Morgan fingerprint density at radius 3 is 0.897 bits per heavy atom. The second kappa shape index (κ2) is 14.9. The van der Waals surface area contributed by atoms with Crippen molar-refractivity contribution >= 4 is 0 Å². The molecule has 0 saturated heterocycles. The summed E-state index contributed by atoms with van der Waals surface area (Å²) in [5.74, 6) is -5.69. The van der Waals surface area contributed by atoms with Gasteiger partial charge in [-0.25, -0.2) is 0 Å². The van der Waals surface area contributed by atoms with Gasteiger partial charge in [-0.2, -0.15) is 0 Å². The number of ether oxygens (including phenoxy) is 2. The lowest BCUT2D eigenvalue weighted by atomic mass is 9.62. The monoisotopic (exact) mass is 906 g/mol. The fraction of sp³-hybridized carbons (Fsp3) is 0.143. The minimum atomic E-state index is -0.918. The van der Waals surface area contributed by atoms with E-state index in [1.54, 1.807) is 121 Å². The van der Waals surface area contributed by atoms with Crippen LogP contribution in [0.2, 0.25) is 0 Å². The van der Waals surface area contributed by atoms with Gasteiger partial charge in [0.15, 0.2) is 0 Å². The van der Waals surface area contributed by atoms with Gasteiger partial charge in [0.05, 0.1) is 11.8 Å². The summed E-state index contributed by atoms with van der Waals surface area (Å²) >= 11 is 0. The molecule has 12 nitrogen and oxygen atoms in total. The van der Waals surface area contributed by atoms with Crippen LogP contribution in [0, 0.1) is 0 Å². The van der Waals surface area contributed by atoms with Gasteiger partial charge < -0.3 is 60.5 Å². The van der Waals surface area contributed by atoms with Crippen molar-refractivity contribution in [3.05, 3.63) is 212 Å². The highest BCUT2D eigenvalue weighted by atomic mass is 16.5.